The summed E-state index contributed by atoms with van der Waals surface area (Å²) in [6, 6.07) is 1.06. The number of rotatable bonds is 5. The zero-order valence-corrected chi connectivity index (χ0v) is 19.2. The first-order valence-electron chi connectivity index (χ1n) is 10.6. The number of alkyl halides is 3. The predicted molar refractivity (Wildman–Crippen MR) is 121 cm³/mol. The quantitative estimate of drug-likeness (QED) is 0.490. The van der Waals surface area contributed by atoms with Crippen molar-refractivity contribution in [3.8, 4) is 5.69 Å². The number of pyridine rings is 2. The van der Waals surface area contributed by atoms with E-state index < -0.39 is 63.9 Å². The van der Waals surface area contributed by atoms with Crippen molar-refractivity contribution in [1.82, 2.24) is 20.2 Å². The second kappa shape index (κ2) is 9.37. The first-order chi connectivity index (χ1) is 16.9. The third kappa shape index (κ3) is 4.57. The van der Waals surface area contributed by atoms with Crippen LogP contribution in [0, 0.1) is 11.6 Å². The molecule has 0 aliphatic carbocycles. The van der Waals surface area contributed by atoms with Crippen LogP contribution < -0.4 is 21.0 Å². The Labute approximate surface area is 204 Å². The Hall–Kier alpha value is -3.74. The molecule has 1 unspecified atom stereocenters. The number of nitrogens with zero attached hydrogens (tertiary/aromatic N) is 3. The first kappa shape index (κ1) is 25.4. The minimum Gasteiger partial charge on any atom is -0.340 e. The summed E-state index contributed by atoms with van der Waals surface area (Å²) in [6.07, 6.45) is -4.50. The SMILES string of the molecule is CCC(NC(=O)c1cn(-c2c(F)cc(F)cc2Cl)c2nc(N3CCNC3=O)ccc2c1=O)C(F)(F)F. The molecule has 8 nitrogen and oxygen atoms in total. The second-order valence-corrected chi connectivity index (χ2v) is 8.27. The molecule has 3 aromatic rings. The van der Waals surface area contributed by atoms with E-state index in [1.54, 1.807) is 5.32 Å². The lowest BCUT2D eigenvalue weighted by atomic mass is 10.1. The summed E-state index contributed by atoms with van der Waals surface area (Å²) in [5, 5.41) is 3.60. The van der Waals surface area contributed by atoms with Crippen LogP contribution in [-0.4, -0.2) is 46.8 Å². The van der Waals surface area contributed by atoms with E-state index in [-0.39, 0.29) is 23.4 Å². The maximum atomic E-state index is 14.9. The van der Waals surface area contributed by atoms with Crippen LogP contribution in [0.1, 0.15) is 23.7 Å². The summed E-state index contributed by atoms with van der Waals surface area (Å²) in [5.74, 6) is -3.49. The van der Waals surface area contributed by atoms with E-state index in [1.807, 2.05) is 0 Å². The molecule has 1 saturated heterocycles. The van der Waals surface area contributed by atoms with E-state index in [9.17, 15) is 36.3 Å². The molecule has 1 fully saturated rings. The molecule has 3 amide bonds. The Morgan fingerprint density at radius 3 is 2.56 bits per heavy atom. The molecule has 36 heavy (non-hydrogen) atoms. The summed E-state index contributed by atoms with van der Waals surface area (Å²) >= 11 is 6.07. The molecule has 0 radical (unpaired) electrons. The molecule has 0 saturated carbocycles. The number of amides is 3. The molecule has 2 aromatic heterocycles. The van der Waals surface area contributed by atoms with Gasteiger partial charge in [0.2, 0.25) is 5.43 Å². The van der Waals surface area contributed by atoms with Gasteiger partial charge in [0.25, 0.3) is 5.91 Å². The van der Waals surface area contributed by atoms with Crippen molar-refractivity contribution in [3.63, 3.8) is 0 Å². The van der Waals surface area contributed by atoms with E-state index in [1.165, 1.54) is 24.0 Å². The second-order valence-electron chi connectivity index (χ2n) is 7.86. The van der Waals surface area contributed by atoms with Crippen molar-refractivity contribution < 1.29 is 31.5 Å². The Morgan fingerprint density at radius 1 is 1.25 bits per heavy atom. The number of carbonyl (C=O) groups is 2. The average Bonchev–Trinajstić information content (AvgIpc) is 3.22. The molecule has 1 aromatic carbocycles. The number of anilines is 1. The van der Waals surface area contributed by atoms with Crippen molar-refractivity contribution in [2.75, 3.05) is 18.0 Å². The summed E-state index contributed by atoms with van der Waals surface area (Å²) in [4.78, 5) is 43.5. The smallest absolute Gasteiger partial charge is 0.340 e. The van der Waals surface area contributed by atoms with Gasteiger partial charge in [0.1, 0.15) is 28.9 Å². The fourth-order valence-corrected chi connectivity index (χ4v) is 4.07. The monoisotopic (exact) mass is 529 g/mol. The van der Waals surface area contributed by atoms with Gasteiger partial charge in [-0.05, 0) is 24.6 Å². The molecule has 1 aliphatic rings. The van der Waals surface area contributed by atoms with Crippen LogP contribution in [0.2, 0.25) is 5.02 Å². The van der Waals surface area contributed by atoms with Crippen molar-refractivity contribution in [3.05, 3.63) is 62.9 Å². The van der Waals surface area contributed by atoms with Crippen LogP contribution >= 0.6 is 11.6 Å². The van der Waals surface area contributed by atoms with Crippen molar-refractivity contribution >= 4 is 40.4 Å². The van der Waals surface area contributed by atoms with E-state index in [2.05, 4.69) is 10.3 Å². The highest BCUT2D eigenvalue weighted by molar-refractivity contribution is 6.32. The van der Waals surface area contributed by atoms with Crippen molar-refractivity contribution in [2.24, 2.45) is 0 Å². The van der Waals surface area contributed by atoms with Gasteiger partial charge in [-0.15, -0.1) is 0 Å². The number of aromatic nitrogens is 2. The molecule has 0 bridgehead atoms. The Bertz CT molecular complexity index is 1420. The number of benzene rings is 1. The number of urea groups is 1. The molecular formula is C22H17ClF5N5O3. The van der Waals surface area contributed by atoms with Crippen molar-refractivity contribution in [2.45, 2.75) is 25.6 Å². The molecular weight excluding hydrogens is 513 g/mol. The van der Waals surface area contributed by atoms with Gasteiger partial charge in [-0.1, -0.05) is 18.5 Å². The van der Waals surface area contributed by atoms with Crippen molar-refractivity contribution in [1.29, 1.82) is 0 Å². The number of hydrogen-bond donors (Lipinski definition) is 2. The summed E-state index contributed by atoms with van der Waals surface area (Å²) in [7, 11) is 0. The standard InChI is InChI=1S/C22H17ClF5N5O3/c1-2-15(22(26,27)28)30-20(35)12-9-33(17-13(23)7-10(24)8-14(17)25)19-11(18(12)34)3-4-16(31-19)32-6-5-29-21(32)36/h3-4,7-9,15H,2,5-6H2,1H3,(H,29,36)(H,30,35). The highest BCUT2D eigenvalue weighted by atomic mass is 35.5. The lowest BCUT2D eigenvalue weighted by Gasteiger charge is -2.21. The summed E-state index contributed by atoms with van der Waals surface area (Å²) in [6.45, 7) is 1.76. The normalized spacial score (nSPS) is 14.8. The van der Waals surface area contributed by atoms with Gasteiger partial charge >= 0.3 is 12.2 Å². The Balaban J connectivity index is 1.97. The van der Waals surface area contributed by atoms with Gasteiger partial charge in [0.05, 0.1) is 10.4 Å². The summed E-state index contributed by atoms with van der Waals surface area (Å²) in [5.41, 5.74) is -2.50. The predicted octanol–water partition coefficient (Wildman–Crippen LogP) is 3.92. The fraction of sp³-hybridized carbons (Fsp3) is 0.273. The fourth-order valence-electron chi connectivity index (χ4n) is 3.78. The number of halogens is 6. The lowest BCUT2D eigenvalue weighted by molar-refractivity contribution is -0.153. The third-order valence-electron chi connectivity index (χ3n) is 5.55. The molecule has 0 spiro atoms. The van der Waals surface area contributed by atoms with E-state index >= 15 is 0 Å². The molecule has 1 aliphatic heterocycles. The Morgan fingerprint density at radius 2 is 1.97 bits per heavy atom. The topological polar surface area (TPSA) is 96.3 Å². The lowest BCUT2D eigenvalue weighted by Crippen LogP contribution is -2.46. The summed E-state index contributed by atoms with van der Waals surface area (Å²) < 4.78 is 69.1. The number of fused-ring (bicyclic) bond motifs is 1. The van der Waals surface area contributed by atoms with Crippen LogP contribution in [-0.2, 0) is 0 Å². The van der Waals surface area contributed by atoms with Crippen LogP contribution in [0.25, 0.3) is 16.7 Å². The van der Waals surface area contributed by atoms with Gasteiger partial charge in [0.15, 0.2) is 11.5 Å². The highest BCUT2D eigenvalue weighted by Crippen LogP contribution is 2.29. The van der Waals surface area contributed by atoms with Gasteiger partial charge in [-0.25, -0.2) is 18.6 Å². The highest BCUT2D eigenvalue weighted by Gasteiger charge is 2.40. The van der Waals surface area contributed by atoms with Gasteiger partial charge < -0.3 is 10.6 Å². The van der Waals surface area contributed by atoms with Gasteiger partial charge in [-0.3, -0.25) is 19.1 Å². The van der Waals surface area contributed by atoms with Crippen LogP contribution in [0.4, 0.5) is 32.6 Å². The minimum atomic E-state index is -4.78. The molecule has 4 rings (SSSR count). The van der Waals surface area contributed by atoms with E-state index in [0.29, 0.717) is 12.6 Å². The molecule has 14 heteroatoms. The average molecular weight is 530 g/mol. The van der Waals surface area contributed by atoms with Gasteiger partial charge in [-0.2, -0.15) is 13.2 Å². The molecule has 1 atom stereocenters. The molecule has 190 valence electrons. The number of carbonyl (C=O) groups excluding carboxylic acids is 2. The third-order valence-corrected chi connectivity index (χ3v) is 5.83. The van der Waals surface area contributed by atoms with Crippen LogP contribution in [0.3, 0.4) is 0 Å². The maximum Gasteiger partial charge on any atom is 0.408 e. The Kier molecular flexibility index (Phi) is 6.60. The minimum absolute atomic E-state index is 0.0737. The van der Waals surface area contributed by atoms with Crippen LogP contribution in [0.15, 0.2) is 35.3 Å². The maximum absolute atomic E-state index is 14.9. The van der Waals surface area contributed by atoms with E-state index in [0.717, 1.165) is 16.8 Å². The molecule has 2 N–H and O–H groups in total. The van der Waals surface area contributed by atoms with Crippen LogP contribution in [0.5, 0.6) is 0 Å². The molecule has 3 heterocycles. The zero-order valence-electron chi connectivity index (χ0n) is 18.4. The van der Waals surface area contributed by atoms with Gasteiger partial charge in [0, 0.05) is 25.4 Å². The number of hydrogen-bond acceptors (Lipinski definition) is 4. The zero-order chi connectivity index (χ0) is 26.4. The number of nitrogens with one attached hydrogen (secondary N) is 2. The first-order valence-corrected chi connectivity index (χ1v) is 10.9. The largest absolute Gasteiger partial charge is 0.408 e. The van der Waals surface area contributed by atoms with E-state index in [4.69, 9.17) is 11.6 Å².